The van der Waals surface area contributed by atoms with Crippen LogP contribution in [0.5, 0.6) is 11.5 Å². The number of aliphatic imine (C=N–C) groups is 1. The summed E-state index contributed by atoms with van der Waals surface area (Å²) < 4.78 is 11.4. The molecule has 0 aliphatic heterocycles. The maximum atomic E-state index is 5.89. The second-order valence-corrected chi connectivity index (χ2v) is 5.98. The second kappa shape index (κ2) is 11.6. The van der Waals surface area contributed by atoms with E-state index >= 15 is 0 Å². The molecular weight excluding hydrogens is 441 g/mol. The third-order valence-corrected chi connectivity index (χ3v) is 3.57. The molecule has 0 heterocycles. The molecular formula is C20H28IN3O2. The predicted molar refractivity (Wildman–Crippen MR) is 118 cm³/mol. The highest BCUT2D eigenvalue weighted by Crippen LogP contribution is 2.28. The lowest BCUT2D eigenvalue weighted by Gasteiger charge is -2.16. The summed E-state index contributed by atoms with van der Waals surface area (Å²) in [5.41, 5.74) is 2.22. The van der Waals surface area contributed by atoms with Gasteiger partial charge in [-0.2, -0.15) is 0 Å². The van der Waals surface area contributed by atoms with Crippen molar-refractivity contribution in [1.29, 1.82) is 0 Å². The molecule has 0 radical (unpaired) electrons. The van der Waals surface area contributed by atoms with Gasteiger partial charge < -0.3 is 20.1 Å². The molecule has 0 aliphatic carbocycles. The van der Waals surface area contributed by atoms with Crippen molar-refractivity contribution in [1.82, 2.24) is 10.6 Å². The van der Waals surface area contributed by atoms with Crippen LogP contribution in [-0.2, 0) is 13.2 Å². The molecule has 5 nitrogen and oxygen atoms in total. The molecule has 0 saturated carbocycles. The van der Waals surface area contributed by atoms with Crippen LogP contribution in [0.4, 0.5) is 0 Å². The number of rotatable bonds is 7. The number of nitrogens with one attached hydrogen (secondary N) is 2. The topological polar surface area (TPSA) is 54.9 Å². The Balaban J connectivity index is 0.00000338. The van der Waals surface area contributed by atoms with E-state index in [1.165, 1.54) is 0 Å². The first-order valence-electron chi connectivity index (χ1n) is 8.43. The molecule has 0 atom stereocenters. The van der Waals surface area contributed by atoms with E-state index in [0.29, 0.717) is 19.2 Å². The maximum Gasteiger partial charge on any atom is 0.191 e. The van der Waals surface area contributed by atoms with E-state index in [1.807, 2.05) is 48.5 Å². The number of nitrogens with zero attached hydrogens (tertiary/aromatic N) is 1. The maximum absolute atomic E-state index is 5.89. The van der Waals surface area contributed by atoms with Crippen molar-refractivity contribution in [2.24, 2.45) is 4.99 Å². The Hall–Kier alpha value is -1.96. The standard InChI is InChI=1S/C20H27N3O2.HI/c1-15(2)23-20(21-3)22-13-17-10-11-18(19(12-17)24-4)25-14-16-8-6-5-7-9-16;/h5-12,15H,13-14H2,1-4H3,(H2,21,22,23);1H. The smallest absolute Gasteiger partial charge is 0.191 e. The molecule has 0 unspecified atom stereocenters. The van der Waals surface area contributed by atoms with Gasteiger partial charge in [-0.15, -0.1) is 24.0 Å². The van der Waals surface area contributed by atoms with Crippen LogP contribution in [0.2, 0.25) is 0 Å². The number of benzene rings is 2. The molecule has 0 aliphatic rings. The lowest BCUT2D eigenvalue weighted by Crippen LogP contribution is -2.40. The van der Waals surface area contributed by atoms with Crippen LogP contribution in [0.1, 0.15) is 25.0 Å². The van der Waals surface area contributed by atoms with Crippen LogP contribution in [0.3, 0.4) is 0 Å². The van der Waals surface area contributed by atoms with E-state index in [-0.39, 0.29) is 24.0 Å². The molecule has 0 amide bonds. The van der Waals surface area contributed by atoms with Crippen LogP contribution >= 0.6 is 24.0 Å². The molecule has 6 heteroatoms. The lowest BCUT2D eigenvalue weighted by atomic mass is 10.2. The van der Waals surface area contributed by atoms with E-state index in [9.17, 15) is 0 Å². The molecule has 0 saturated heterocycles. The Morgan fingerprint density at radius 1 is 1.04 bits per heavy atom. The Kier molecular flexibility index (Phi) is 9.87. The second-order valence-electron chi connectivity index (χ2n) is 5.98. The van der Waals surface area contributed by atoms with Crippen molar-refractivity contribution >= 4 is 29.9 Å². The zero-order valence-corrected chi connectivity index (χ0v) is 18.1. The van der Waals surface area contributed by atoms with E-state index in [1.54, 1.807) is 14.2 Å². The van der Waals surface area contributed by atoms with E-state index in [0.717, 1.165) is 28.6 Å². The minimum atomic E-state index is 0. The molecule has 0 fully saturated rings. The Morgan fingerprint density at radius 2 is 1.77 bits per heavy atom. The van der Waals surface area contributed by atoms with Crippen LogP contribution in [-0.4, -0.2) is 26.2 Å². The number of ether oxygens (including phenoxy) is 2. The fourth-order valence-electron chi connectivity index (χ4n) is 2.33. The molecule has 2 aromatic rings. The van der Waals surface area contributed by atoms with Crippen molar-refractivity contribution in [2.45, 2.75) is 33.0 Å². The summed E-state index contributed by atoms with van der Waals surface area (Å²) >= 11 is 0. The molecule has 0 bridgehead atoms. The van der Waals surface area contributed by atoms with Gasteiger partial charge in [0.25, 0.3) is 0 Å². The lowest BCUT2D eigenvalue weighted by molar-refractivity contribution is 0.284. The summed E-state index contributed by atoms with van der Waals surface area (Å²) in [4.78, 5) is 4.20. The van der Waals surface area contributed by atoms with Gasteiger partial charge in [0.05, 0.1) is 7.11 Å². The van der Waals surface area contributed by atoms with Crippen LogP contribution in [0, 0.1) is 0 Å². The first kappa shape index (κ1) is 22.1. The van der Waals surface area contributed by atoms with Gasteiger partial charge in [-0.05, 0) is 37.1 Å². The van der Waals surface area contributed by atoms with Crippen molar-refractivity contribution in [3.63, 3.8) is 0 Å². The SMILES string of the molecule is CN=C(NCc1ccc(OCc2ccccc2)c(OC)c1)NC(C)C.I. The fraction of sp³-hybridized carbons (Fsp3) is 0.350. The molecule has 26 heavy (non-hydrogen) atoms. The minimum Gasteiger partial charge on any atom is -0.493 e. The van der Waals surface area contributed by atoms with Gasteiger partial charge in [-0.25, -0.2) is 0 Å². The summed E-state index contributed by atoms with van der Waals surface area (Å²) in [6, 6.07) is 16.4. The third kappa shape index (κ3) is 7.11. The molecule has 2 N–H and O–H groups in total. The number of halogens is 1. The summed E-state index contributed by atoms with van der Waals surface area (Å²) in [5, 5.41) is 6.55. The first-order chi connectivity index (χ1) is 12.1. The molecule has 142 valence electrons. The van der Waals surface area contributed by atoms with Gasteiger partial charge in [0, 0.05) is 19.6 Å². The van der Waals surface area contributed by atoms with Gasteiger partial charge in [-0.1, -0.05) is 36.4 Å². The Bertz CT molecular complexity index is 691. The Labute approximate surface area is 173 Å². The number of hydrogen-bond acceptors (Lipinski definition) is 3. The monoisotopic (exact) mass is 469 g/mol. The highest BCUT2D eigenvalue weighted by Gasteiger charge is 2.07. The summed E-state index contributed by atoms with van der Waals surface area (Å²) in [6.07, 6.45) is 0. The average molecular weight is 469 g/mol. The van der Waals surface area contributed by atoms with Gasteiger partial charge in [0.1, 0.15) is 6.61 Å². The molecule has 2 rings (SSSR count). The summed E-state index contributed by atoms with van der Waals surface area (Å²) in [7, 11) is 3.42. The van der Waals surface area contributed by atoms with Gasteiger partial charge in [-0.3, -0.25) is 4.99 Å². The van der Waals surface area contributed by atoms with E-state index in [4.69, 9.17) is 9.47 Å². The van der Waals surface area contributed by atoms with Crippen LogP contribution in [0.15, 0.2) is 53.5 Å². The predicted octanol–water partition coefficient (Wildman–Crippen LogP) is 3.97. The zero-order valence-electron chi connectivity index (χ0n) is 15.8. The summed E-state index contributed by atoms with van der Waals surface area (Å²) in [6.45, 7) is 5.32. The van der Waals surface area contributed by atoms with Gasteiger partial charge >= 0.3 is 0 Å². The Morgan fingerprint density at radius 3 is 2.38 bits per heavy atom. The average Bonchev–Trinajstić information content (AvgIpc) is 2.64. The van der Waals surface area contributed by atoms with Gasteiger partial charge in [0.15, 0.2) is 17.5 Å². The number of methoxy groups -OCH3 is 1. The largest absolute Gasteiger partial charge is 0.493 e. The van der Waals surface area contributed by atoms with E-state index in [2.05, 4.69) is 29.5 Å². The van der Waals surface area contributed by atoms with Crippen LogP contribution < -0.4 is 20.1 Å². The highest BCUT2D eigenvalue weighted by atomic mass is 127. The molecule has 0 aromatic heterocycles. The highest BCUT2D eigenvalue weighted by molar-refractivity contribution is 14.0. The van der Waals surface area contributed by atoms with Crippen molar-refractivity contribution < 1.29 is 9.47 Å². The quantitative estimate of drug-likeness (QED) is 0.366. The van der Waals surface area contributed by atoms with E-state index < -0.39 is 0 Å². The number of guanidine groups is 1. The van der Waals surface area contributed by atoms with Crippen molar-refractivity contribution in [3.05, 3.63) is 59.7 Å². The molecule has 2 aromatic carbocycles. The first-order valence-corrected chi connectivity index (χ1v) is 8.43. The normalized spacial score (nSPS) is 10.9. The zero-order chi connectivity index (χ0) is 18.1. The summed E-state index contributed by atoms with van der Waals surface area (Å²) in [5.74, 6) is 2.24. The van der Waals surface area contributed by atoms with Crippen molar-refractivity contribution in [3.8, 4) is 11.5 Å². The fourth-order valence-corrected chi connectivity index (χ4v) is 2.33. The molecule has 0 spiro atoms. The van der Waals surface area contributed by atoms with Crippen LogP contribution in [0.25, 0.3) is 0 Å². The van der Waals surface area contributed by atoms with Crippen molar-refractivity contribution in [2.75, 3.05) is 14.2 Å². The van der Waals surface area contributed by atoms with Gasteiger partial charge in [0.2, 0.25) is 0 Å². The minimum absolute atomic E-state index is 0. The third-order valence-electron chi connectivity index (χ3n) is 3.57. The number of hydrogen-bond donors (Lipinski definition) is 2.